The third kappa shape index (κ3) is 3.71. The van der Waals surface area contributed by atoms with E-state index in [0.29, 0.717) is 0 Å². The average molecular weight is 310 g/mol. The molecule has 3 N–H and O–H groups in total. The van der Waals surface area contributed by atoms with Crippen LogP contribution in [0.4, 0.5) is 5.69 Å². The van der Waals surface area contributed by atoms with Crippen LogP contribution in [0.15, 0.2) is 23.1 Å². The zero-order chi connectivity index (χ0) is 16.2. The van der Waals surface area contributed by atoms with Crippen molar-refractivity contribution in [2.24, 2.45) is 5.92 Å². The number of nitrogens with zero attached hydrogens (tertiary/aromatic N) is 2. The van der Waals surface area contributed by atoms with Crippen LogP contribution in [0.2, 0.25) is 0 Å². The highest BCUT2D eigenvalue weighted by molar-refractivity contribution is 7.89. The van der Waals surface area contributed by atoms with E-state index in [9.17, 15) is 13.2 Å². The number of amides is 1. The van der Waals surface area contributed by atoms with Gasteiger partial charge in [0.2, 0.25) is 15.9 Å². The molecule has 21 heavy (non-hydrogen) atoms. The molecule has 8 heteroatoms. The highest BCUT2D eigenvalue weighted by atomic mass is 32.2. The zero-order valence-corrected chi connectivity index (χ0v) is 12.9. The summed E-state index contributed by atoms with van der Waals surface area (Å²) in [6.45, 7) is 1.66. The van der Waals surface area contributed by atoms with E-state index in [4.69, 9.17) is 11.0 Å². The smallest absolute Gasteiger partial charge is 0.244 e. The lowest BCUT2D eigenvalue weighted by molar-refractivity contribution is -0.124. The van der Waals surface area contributed by atoms with E-state index in [1.54, 1.807) is 6.92 Å². The lowest BCUT2D eigenvalue weighted by Gasteiger charge is -2.21. The molecular formula is C13H18N4O3S. The van der Waals surface area contributed by atoms with Gasteiger partial charge >= 0.3 is 0 Å². The highest BCUT2D eigenvalue weighted by Crippen LogP contribution is 2.23. The molecule has 0 aliphatic rings. The second kappa shape index (κ2) is 6.56. The summed E-state index contributed by atoms with van der Waals surface area (Å²) in [6, 6.07) is 5.88. The van der Waals surface area contributed by atoms with Gasteiger partial charge in [0.05, 0.1) is 17.3 Å². The van der Waals surface area contributed by atoms with Crippen molar-refractivity contribution in [2.75, 3.05) is 26.4 Å². The summed E-state index contributed by atoms with van der Waals surface area (Å²) in [5, 5.41) is 11.2. The first-order valence-electron chi connectivity index (χ1n) is 6.21. The van der Waals surface area contributed by atoms with Crippen LogP contribution in [0.25, 0.3) is 0 Å². The lowest BCUT2D eigenvalue weighted by atomic mass is 10.2. The van der Waals surface area contributed by atoms with Gasteiger partial charge in [-0.25, -0.2) is 12.7 Å². The molecule has 0 fully saturated rings. The molecule has 0 spiro atoms. The van der Waals surface area contributed by atoms with E-state index in [2.05, 4.69) is 5.32 Å². The Kier molecular flexibility index (Phi) is 5.29. The maximum Gasteiger partial charge on any atom is 0.244 e. The van der Waals surface area contributed by atoms with Gasteiger partial charge in [-0.1, -0.05) is 6.92 Å². The maximum atomic E-state index is 12.4. The van der Waals surface area contributed by atoms with Crippen LogP contribution in [0.1, 0.15) is 12.5 Å². The third-order valence-electron chi connectivity index (χ3n) is 3.05. The fourth-order valence-electron chi connectivity index (χ4n) is 1.83. The molecule has 1 aromatic carbocycles. The number of benzene rings is 1. The molecule has 1 atom stereocenters. The number of nitriles is 1. The molecular weight excluding hydrogens is 292 g/mol. The number of carbonyl (C=O) groups is 1. The van der Waals surface area contributed by atoms with Gasteiger partial charge in [-0.15, -0.1) is 0 Å². The monoisotopic (exact) mass is 310 g/mol. The van der Waals surface area contributed by atoms with E-state index in [-0.39, 0.29) is 28.6 Å². The minimum atomic E-state index is -3.81. The first-order valence-corrected chi connectivity index (χ1v) is 7.65. The number of hydrogen-bond donors (Lipinski definition) is 2. The van der Waals surface area contributed by atoms with E-state index in [1.807, 2.05) is 6.07 Å². The number of rotatable bonds is 5. The molecule has 0 aliphatic carbocycles. The summed E-state index contributed by atoms with van der Waals surface area (Å²) in [6.07, 6.45) is 0. The third-order valence-corrected chi connectivity index (χ3v) is 4.95. The molecule has 114 valence electrons. The summed E-state index contributed by atoms with van der Waals surface area (Å²) in [5.74, 6) is -0.737. The van der Waals surface area contributed by atoms with Crippen LogP contribution in [0, 0.1) is 17.2 Å². The summed E-state index contributed by atoms with van der Waals surface area (Å²) >= 11 is 0. The number of hydrogen-bond acceptors (Lipinski definition) is 5. The molecule has 0 saturated carbocycles. The zero-order valence-electron chi connectivity index (χ0n) is 12.1. The SMILES string of the molecule is CNC(=O)C(C)CN(C)S(=O)(=O)c1ccc(C#N)cc1N. The normalized spacial score (nSPS) is 12.7. The molecule has 1 amide bonds. The summed E-state index contributed by atoms with van der Waals surface area (Å²) in [4.78, 5) is 11.4. The number of nitrogen functional groups attached to an aromatic ring is 1. The van der Waals surface area contributed by atoms with Crippen LogP contribution < -0.4 is 11.1 Å². The Hall–Kier alpha value is -2.11. The first kappa shape index (κ1) is 16.9. The first-order chi connectivity index (χ1) is 9.73. The molecule has 1 unspecified atom stereocenters. The van der Waals surface area contributed by atoms with E-state index in [1.165, 1.54) is 32.3 Å². The standard InChI is InChI=1S/C13H18N4O3S/c1-9(13(18)16-2)8-17(3)21(19,20)12-5-4-10(7-14)6-11(12)15/h4-6,9H,8,15H2,1-3H3,(H,16,18). The van der Waals surface area contributed by atoms with Gasteiger partial charge < -0.3 is 11.1 Å². The predicted octanol–water partition coefficient (Wildman–Crippen LogP) is 0.143. The maximum absolute atomic E-state index is 12.4. The Bertz CT molecular complexity index is 679. The van der Waals surface area contributed by atoms with Gasteiger partial charge in [0.15, 0.2) is 0 Å². The van der Waals surface area contributed by atoms with Crippen molar-refractivity contribution in [2.45, 2.75) is 11.8 Å². The van der Waals surface area contributed by atoms with Crippen LogP contribution in [-0.2, 0) is 14.8 Å². The quantitative estimate of drug-likeness (QED) is 0.751. The summed E-state index contributed by atoms with van der Waals surface area (Å²) in [5.41, 5.74) is 5.99. The van der Waals surface area contributed by atoms with Crippen molar-refractivity contribution in [1.82, 2.24) is 9.62 Å². The van der Waals surface area contributed by atoms with Crippen LogP contribution >= 0.6 is 0 Å². The number of nitrogens with two attached hydrogens (primary N) is 1. The minimum Gasteiger partial charge on any atom is -0.398 e. The molecule has 0 heterocycles. The average Bonchev–Trinajstić information content (AvgIpc) is 2.45. The van der Waals surface area contributed by atoms with Gasteiger partial charge in [0.1, 0.15) is 4.90 Å². The topological polar surface area (TPSA) is 116 Å². The van der Waals surface area contributed by atoms with Crippen molar-refractivity contribution in [3.8, 4) is 6.07 Å². The van der Waals surface area contributed by atoms with Crippen LogP contribution in [0.3, 0.4) is 0 Å². The molecule has 0 aromatic heterocycles. The largest absolute Gasteiger partial charge is 0.398 e. The molecule has 0 radical (unpaired) electrons. The van der Waals surface area contributed by atoms with E-state index >= 15 is 0 Å². The van der Waals surface area contributed by atoms with E-state index in [0.717, 1.165) is 4.31 Å². The van der Waals surface area contributed by atoms with Gasteiger partial charge in [0, 0.05) is 26.6 Å². The number of carbonyl (C=O) groups excluding carboxylic acids is 1. The Balaban J connectivity index is 3.06. The van der Waals surface area contributed by atoms with Gasteiger partial charge in [-0.3, -0.25) is 4.79 Å². The van der Waals surface area contributed by atoms with E-state index < -0.39 is 15.9 Å². The predicted molar refractivity (Wildman–Crippen MR) is 78.6 cm³/mol. The van der Waals surface area contributed by atoms with Crippen molar-refractivity contribution < 1.29 is 13.2 Å². The second-order valence-corrected chi connectivity index (χ2v) is 6.68. The van der Waals surface area contributed by atoms with Crippen molar-refractivity contribution in [3.63, 3.8) is 0 Å². The molecule has 1 aromatic rings. The summed E-state index contributed by atoms with van der Waals surface area (Å²) < 4.78 is 25.9. The Morgan fingerprint density at radius 1 is 1.52 bits per heavy atom. The summed E-state index contributed by atoms with van der Waals surface area (Å²) in [7, 11) is -0.939. The molecule has 0 saturated heterocycles. The van der Waals surface area contributed by atoms with Crippen molar-refractivity contribution >= 4 is 21.6 Å². The highest BCUT2D eigenvalue weighted by Gasteiger charge is 2.26. The number of anilines is 1. The number of sulfonamides is 1. The van der Waals surface area contributed by atoms with Crippen LogP contribution in [-0.4, -0.2) is 39.3 Å². The Morgan fingerprint density at radius 2 is 2.14 bits per heavy atom. The fraction of sp³-hybridized carbons (Fsp3) is 0.385. The molecule has 1 rings (SSSR count). The number of nitrogens with one attached hydrogen (secondary N) is 1. The Morgan fingerprint density at radius 3 is 2.62 bits per heavy atom. The van der Waals surface area contributed by atoms with Crippen molar-refractivity contribution in [1.29, 1.82) is 5.26 Å². The minimum absolute atomic E-state index is 0.00787. The molecule has 0 aliphatic heterocycles. The lowest BCUT2D eigenvalue weighted by Crippen LogP contribution is -2.37. The van der Waals surface area contributed by atoms with Crippen molar-refractivity contribution in [3.05, 3.63) is 23.8 Å². The Labute approximate surface area is 124 Å². The fourth-order valence-corrected chi connectivity index (χ4v) is 3.19. The second-order valence-electron chi connectivity index (χ2n) is 4.67. The van der Waals surface area contributed by atoms with Gasteiger partial charge in [-0.05, 0) is 18.2 Å². The van der Waals surface area contributed by atoms with Gasteiger partial charge in [0.25, 0.3) is 0 Å². The van der Waals surface area contributed by atoms with Gasteiger partial charge in [-0.2, -0.15) is 5.26 Å². The van der Waals surface area contributed by atoms with Crippen LogP contribution in [0.5, 0.6) is 0 Å². The molecule has 0 bridgehead atoms. The molecule has 7 nitrogen and oxygen atoms in total.